The first-order chi connectivity index (χ1) is 10.2. The van der Waals surface area contributed by atoms with Gasteiger partial charge in [0.05, 0.1) is 32.1 Å². The van der Waals surface area contributed by atoms with Crippen LogP contribution in [0.2, 0.25) is 0 Å². The number of nitriles is 1. The van der Waals surface area contributed by atoms with Crippen LogP contribution in [0.15, 0.2) is 24.3 Å². The molecule has 0 bridgehead atoms. The summed E-state index contributed by atoms with van der Waals surface area (Å²) in [6.07, 6.45) is -0.481. The highest BCUT2D eigenvalue weighted by atomic mass is 16.5. The molecule has 0 saturated heterocycles. The molecule has 2 aromatic rings. The summed E-state index contributed by atoms with van der Waals surface area (Å²) in [5.74, 6) is 0.751. The molecule has 0 aliphatic rings. The Labute approximate surface area is 122 Å². The van der Waals surface area contributed by atoms with Crippen molar-refractivity contribution in [3.8, 4) is 11.8 Å². The summed E-state index contributed by atoms with van der Waals surface area (Å²) in [5.41, 5.74) is 1.79. The van der Waals surface area contributed by atoms with Crippen LogP contribution in [0.4, 0.5) is 0 Å². The van der Waals surface area contributed by atoms with E-state index in [0.29, 0.717) is 12.1 Å². The Bertz CT molecular complexity index is 631. The third kappa shape index (κ3) is 3.56. The van der Waals surface area contributed by atoms with Crippen LogP contribution in [0.1, 0.15) is 17.0 Å². The van der Waals surface area contributed by atoms with Crippen molar-refractivity contribution in [3.63, 3.8) is 0 Å². The molecule has 110 valence electrons. The minimum atomic E-state index is -0.937. The highest BCUT2D eigenvalue weighted by molar-refractivity contribution is 5.33. The second-order valence-corrected chi connectivity index (χ2v) is 4.54. The molecule has 0 aliphatic heterocycles. The van der Waals surface area contributed by atoms with Crippen LogP contribution in [0.3, 0.4) is 0 Å². The maximum absolute atomic E-state index is 9.51. The minimum absolute atomic E-state index is 0.0939. The van der Waals surface area contributed by atoms with Gasteiger partial charge in [0.15, 0.2) is 5.69 Å². The minimum Gasteiger partial charge on any atom is -0.497 e. The maximum atomic E-state index is 9.51. The molecule has 1 atom stereocenters. The number of methoxy groups -OCH3 is 1. The van der Waals surface area contributed by atoms with E-state index in [1.165, 1.54) is 4.68 Å². The molecule has 1 aromatic heterocycles. The lowest BCUT2D eigenvalue weighted by molar-refractivity contribution is 0.0771. The van der Waals surface area contributed by atoms with E-state index in [1.807, 2.05) is 30.3 Å². The predicted octanol–water partition coefficient (Wildman–Crippen LogP) is 0.102. The largest absolute Gasteiger partial charge is 0.497 e. The zero-order chi connectivity index (χ0) is 15.2. The normalized spacial score (nSPS) is 11.9. The van der Waals surface area contributed by atoms with Gasteiger partial charge in [-0.1, -0.05) is 17.3 Å². The maximum Gasteiger partial charge on any atom is 0.186 e. The number of benzene rings is 1. The number of nitrogens with zero attached hydrogens (tertiary/aromatic N) is 4. The summed E-state index contributed by atoms with van der Waals surface area (Å²) in [6.45, 7) is -0.277. The van der Waals surface area contributed by atoms with Gasteiger partial charge in [-0.25, -0.2) is 4.68 Å². The third-order valence-corrected chi connectivity index (χ3v) is 3.07. The van der Waals surface area contributed by atoms with E-state index in [2.05, 4.69) is 10.3 Å². The molecule has 7 heteroatoms. The van der Waals surface area contributed by atoms with E-state index >= 15 is 0 Å². The van der Waals surface area contributed by atoms with Crippen molar-refractivity contribution in [2.24, 2.45) is 0 Å². The van der Waals surface area contributed by atoms with Crippen LogP contribution >= 0.6 is 0 Å². The fourth-order valence-corrected chi connectivity index (χ4v) is 1.94. The van der Waals surface area contributed by atoms with Crippen LogP contribution in [0.25, 0.3) is 0 Å². The van der Waals surface area contributed by atoms with Crippen molar-refractivity contribution in [2.75, 3.05) is 13.7 Å². The molecular formula is C14H16N4O3. The van der Waals surface area contributed by atoms with E-state index in [9.17, 15) is 5.11 Å². The van der Waals surface area contributed by atoms with Gasteiger partial charge in [-0.3, -0.25) is 0 Å². The zero-order valence-electron chi connectivity index (χ0n) is 11.6. The van der Waals surface area contributed by atoms with Gasteiger partial charge in [0.25, 0.3) is 0 Å². The summed E-state index contributed by atoms with van der Waals surface area (Å²) in [6, 6.07) is 9.43. The third-order valence-electron chi connectivity index (χ3n) is 3.07. The quantitative estimate of drug-likeness (QED) is 0.781. The first kappa shape index (κ1) is 15.0. The van der Waals surface area contributed by atoms with Crippen molar-refractivity contribution in [1.29, 1.82) is 5.26 Å². The van der Waals surface area contributed by atoms with Crippen LogP contribution in [0.5, 0.6) is 5.75 Å². The van der Waals surface area contributed by atoms with Crippen LogP contribution in [0, 0.1) is 11.3 Å². The smallest absolute Gasteiger partial charge is 0.186 e. The standard InChI is InChI=1S/C14H16N4O3/c1-21-12-4-2-10(3-5-12)6-14-13(7-15)16-17-18(14)8-11(20)9-19/h2-5,11,19-20H,6,8-9H2,1H3. The molecule has 2 rings (SSSR count). The van der Waals surface area contributed by atoms with Crippen LogP contribution in [-0.2, 0) is 13.0 Å². The average molecular weight is 288 g/mol. The molecule has 21 heavy (non-hydrogen) atoms. The van der Waals surface area contributed by atoms with E-state index in [0.717, 1.165) is 11.3 Å². The van der Waals surface area contributed by atoms with Gasteiger partial charge in [-0.05, 0) is 17.7 Å². The van der Waals surface area contributed by atoms with E-state index in [4.69, 9.17) is 15.1 Å². The lowest BCUT2D eigenvalue weighted by atomic mass is 10.1. The van der Waals surface area contributed by atoms with Crippen molar-refractivity contribution >= 4 is 0 Å². The number of hydrogen-bond donors (Lipinski definition) is 2. The fraction of sp³-hybridized carbons (Fsp3) is 0.357. The van der Waals surface area contributed by atoms with Gasteiger partial charge in [-0.2, -0.15) is 5.26 Å². The lowest BCUT2D eigenvalue weighted by Gasteiger charge is -2.10. The second kappa shape index (κ2) is 6.83. The Morgan fingerprint density at radius 1 is 1.38 bits per heavy atom. The molecule has 1 heterocycles. The Hall–Kier alpha value is -2.43. The summed E-state index contributed by atoms with van der Waals surface area (Å²) in [5, 5.41) is 35.1. The van der Waals surface area contributed by atoms with Crippen LogP contribution < -0.4 is 4.74 Å². The molecule has 0 saturated carbocycles. The van der Waals surface area contributed by atoms with E-state index < -0.39 is 6.10 Å². The number of aliphatic hydroxyl groups excluding tert-OH is 2. The highest BCUT2D eigenvalue weighted by Gasteiger charge is 2.15. The highest BCUT2D eigenvalue weighted by Crippen LogP contribution is 2.16. The second-order valence-electron chi connectivity index (χ2n) is 4.54. The summed E-state index contributed by atoms with van der Waals surface area (Å²) >= 11 is 0. The number of aliphatic hydroxyl groups is 2. The average Bonchev–Trinajstić information content (AvgIpc) is 2.89. The van der Waals surface area contributed by atoms with Crippen molar-refractivity contribution in [3.05, 3.63) is 41.2 Å². The summed E-state index contributed by atoms with van der Waals surface area (Å²) < 4.78 is 6.55. The summed E-state index contributed by atoms with van der Waals surface area (Å²) in [7, 11) is 1.60. The monoisotopic (exact) mass is 288 g/mol. The van der Waals surface area contributed by atoms with Crippen molar-refractivity contribution < 1.29 is 14.9 Å². The molecule has 0 spiro atoms. The molecule has 1 unspecified atom stereocenters. The lowest BCUT2D eigenvalue weighted by Crippen LogP contribution is -2.22. The van der Waals surface area contributed by atoms with Gasteiger partial charge in [0, 0.05) is 6.42 Å². The van der Waals surface area contributed by atoms with Crippen LogP contribution in [-0.4, -0.2) is 45.0 Å². The van der Waals surface area contributed by atoms with Crippen molar-refractivity contribution in [2.45, 2.75) is 19.1 Å². The summed E-state index contributed by atoms with van der Waals surface area (Å²) in [4.78, 5) is 0. The topological polar surface area (TPSA) is 104 Å². The Morgan fingerprint density at radius 3 is 2.67 bits per heavy atom. The molecular weight excluding hydrogens is 272 g/mol. The molecule has 0 radical (unpaired) electrons. The molecule has 1 aromatic carbocycles. The Balaban J connectivity index is 2.24. The van der Waals surface area contributed by atoms with Gasteiger partial charge in [-0.15, -0.1) is 5.10 Å². The molecule has 0 amide bonds. The molecule has 2 N–H and O–H groups in total. The Kier molecular flexibility index (Phi) is 4.87. The zero-order valence-corrected chi connectivity index (χ0v) is 11.6. The first-order valence-electron chi connectivity index (χ1n) is 6.42. The number of hydrogen-bond acceptors (Lipinski definition) is 6. The van der Waals surface area contributed by atoms with Gasteiger partial charge in [0.2, 0.25) is 0 Å². The number of aromatic nitrogens is 3. The molecule has 7 nitrogen and oxygen atoms in total. The van der Waals surface area contributed by atoms with E-state index in [-0.39, 0.29) is 18.8 Å². The van der Waals surface area contributed by atoms with Gasteiger partial charge < -0.3 is 14.9 Å². The number of ether oxygens (including phenoxy) is 1. The van der Waals surface area contributed by atoms with E-state index in [1.54, 1.807) is 7.11 Å². The van der Waals surface area contributed by atoms with Crippen molar-refractivity contribution in [1.82, 2.24) is 15.0 Å². The van der Waals surface area contributed by atoms with Gasteiger partial charge >= 0.3 is 0 Å². The van der Waals surface area contributed by atoms with Gasteiger partial charge in [0.1, 0.15) is 11.8 Å². The molecule has 0 fully saturated rings. The number of rotatable bonds is 6. The first-order valence-corrected chi connectivity index (χ1v) is 6.42. The SMILES string of the molecule is COc1ccc(Cc2c(C#N)nnn2CC(O)CO)cc1. The predicted molar refractivity (Wildman–Crippen MR) is 73.6 cm³/mol. The molecule has 0 aliphatic carbocycles. The Morgan fingerprint density at radius 2 is 2.10 bits per heavy atom. The fourth-order valence-electron chi connectivity index (χ4n) is 1.94.